The molecule has 2 aromatic rings. The third-order valence-electron chi connectivity index (χ3n) is 3.54. The molecule has 2 N–H and O–H groups in total. The molecule has 1 aromatic carbocycles. The second kappa shape index (κ2) is 6.68. The average Bonchev–Trinajstić information content (AvgIpc) is 2.74. The maximum atomic E-state index is 12.2. The lowest BCUT2D eigenvalue weighted by molar-refractivity contribution is 0.0644. The second-order valence-corrected chi connectivity index (χ2v) is 5.09. The summed E-state index contributed by atoms with van der Waals surface area (Å²) in [5, 5.41) is 0. The first-order valence-electron chi connectivity index (χ1n) is 6.76. The Morgan fingerprint density at radius 2 is 1.55 bits per heavy atom. The quantitative estimate of drug-likeness (QED) is 0.870. The Balaban J connectivity index is 0.00000176. The number of aromatic nitrogens is 1. The highest BCUT2D eigenvalue weighted by atomic mass is 35.5. The number of carbonyl (C=O) groups excluding carboxylic acids is 2. The minimum atomic E-state index is -0.297. The third-order valence-corrected chi connectivity index (χ3v) is 3.54. The molecule has 0 radical (unpaired) electrons. The van der Waals surface area contributed by atoms with Crippen molar-refractivity contribution in [2.24, 2.45) is 5.73 Å². The monoisotopic (exact) mass is 317 g/mol. The molecular formula is C16H16ClN3O2. The molecule has 0 aliphatic carbocycles. The van der Waals surface area contributed by atoms with E-state index in [1.807, 2.05) is 12.1 Å². The highest BCUT2D eigenvalue weighted by Crippen LogP contribution is 2.22. The molecule has 1 aliphatic heterocycles. The zero-order valence-corrected chi connectivity index (χ0v) is 12.6. The summed E-state index contributed by atoms with van der Waals surface area (Å²) in [6.07, 6.45) is 3.99. The Kier molecular flexibility index (Phi) is 4.90. The molecule has 0 fully saturated rings. The number of nitrogens with two attached hydrogens (primary N) is 1. The molecule has 6 heteroatoms. The summed E-state index contributed by atoms with van der Waals surface area (Å²) in [7, 11) is 0. The van der Waals surface area contributed by atoms with Crippen LogP contribution in [0.15, 0.2) is 48.8 Å². The molecule has 0 saturated heterocycles. The second-order valence-electron chi connectivity index (χ2n) is 5.09. The summed E-state index contributed by atoms with van der Waals surface area (Å²) >= 11 is 0. The Hall–Kier alpha value is -2.24. The first kappa shape index (κ1) is 16.1. The highest BCUT2D eigenvalue weighted by molar-refractivity contribution is 6.21. The first-order valence-corrected chi connectivity index (χ1v) is 6.76. The molecule has 2 amide bonds. The topological polar surface area (TPSA) is 76.3 Å². The predicted octanol–water partition coefficient (Wildman–Crippen LogP) is 1.67. The van der Waals surface area contributed by atoms with Gasteiger partial charge in [0.25, 0.3) is 11.8 Å². The van der Waals surface area contributed by atoms with Crippen LogP contribution in [0, 0.1) is 0 Å². The Bertz CT molecular complexity index is 656. The molecule has 114 valence electrons. The van der Waals surface area contributed by atoms with E-state index >= 15 is 0 Å². The number of rotatable bonds is 4. The number of benzene rings is 1. The predicted molar refractivity (Wildman–Crippen MR) is 85.0 cm³/mol. The fraction of sp³-hybridized carbons (Fsp3) is 0.188. The van der Waals surface area contributed by atoms with Crippen LogP contribution in [0.3, 0.4) is 0 Å². The Morgan fingerprint density at radius 1 is 1.00 bits per heavy atom. The van der Waals surface area contributed by atoms with Gasteiger partial charge in [0, 0.05) is 25.0 Å². The fourth-order valence-corrected chi connectivity index (χ4v) is 2.53. The Morgan fingerprint density at radius 3 is 2.09 bits per heavy atom. The largest absolute Gasteiger partial charge is 0.326 e. The van der Waals surface area contributed by atoms with Crippen LogP contribution in [0.5, 0.6) is 0 Å². The number of halogens is 1. The minimum absolute atomic E-state index is 0. The van der Waals surface area contributed by atoms with Crippen LogP contribution < -0.4 is 5.73 Å². The van der Waals surface area contributed by atoms with E-state index in [2.05, 4.69) is 4.98 Å². The van der Waals surface area contributed by atoms with Gasteiger partial charge in [-0.1, -0.05) is 12.1 Å². The van der Waals surface area contributed by atoms with Crippen molar-refractivity contribution in [2.45, 2.75) is 12.5 Å². The summed E-state index contributed by atoms with van der Waals surface area (Å²) in [6.45, 7) is 0.217. The van der Waals surface area contributed by atoms with Crippen molar-refractivity contribution in [3.8, 4) is 0 Å². The van der Waals surface area contributed by atoms with Crippen molar-refractivity contribution < 1.29 is 9.59 Å². The SMILES string of the molecule is Cl.N[C@H](Cc1ccncc1)CN1C(=O)c2ccccc2C1=O. The lowest BCUT2D eigenvalue weighted by Crippen LogP contribution is -2.41. The van der Waals surface area contributed by atoms with Crippen molar-refractivity contribution in [2.75, 3.05) is 6.54 Å². The summed E-state index contributed by atoms with van der Waals surface area (Å²) in [5.41, 5.74) is 8.03. The van der Waals surface area contributed by atoms with Crippen LogP contribution in [0.1, 0.15) is 26.3 Å². The van der Waals surface area contributed by atoms with E-state index in [0.717, 1.165) is 5.56 Å². The van der Waals surface area contributed by atoms with Gasteiger partial charge < -0.3 is 5.73 Å². The molecule has 0 unspecified atom stereocenters. The number of carbonyl (C=O) groups is 2. The van der Waals surface area contributed by atoms with Crippen LogP contribution in [-0.4, -0.2) is 34.3 Å². The van der Waals surface area contributed by atoms with Crippen LogP contribution in [0.4, 0.5) is 0 Å². The maximum absolute atomic E-state index is 12.2. The van der Waals surface area contributed by atoms with Crippen molar-refractivity contribution in [3.63, 3.8) is 0 Å². The third kappa shape index (κ3) is 3.00. The lowest BCUT2D eigenvalue weighted by atomic mass is 10.1. The summed E-state index contributed by atoms with van der Waals surface area (Å²) < 4.78 is 0. The highest BCUT2D eigenvalue weighted by Gasteiger charge is 2.35. The molecule has 2 heterocycles. The van der Waals surface area contributed by atoms with Gasteiger partial charge in [-0.2, -0.15) is 0 Å². The smallest absolute Gasteiger partial charge is 0.261 e. The summed E-state index contributed by atoms with van der Waals surface area (Å²) in [5.74, 6) is -0.526. The molecule has 1 aromatic heterocycles. The molecule has 0 spiro atoms. The number of imide groups is 1. The van der Waals surface area contributed by atoms with Crippen molar-refractivity contribution in [1.29, 1.82) is 0 Å². The maximum Gasteiger partial charge on any atom is 0.261 e. The Labute approximate surface area is 134 Å². The van der Waals surface area contributed by atoms with E-state index in [-0.39, 0.29) is 36.8 Å². The standard InChI is InChI=1S/C16H15N3O2.ClH/c17-12(9-11-5-7-18-8-6-11)10-19-15(20)13-3-1-2-4-14(13)16(19)21;/h1-8,12H,9-10,17H2;1H/t12-;/m1./s1. The van der Waals surface area contributed by atoms with E-state index < -0.39 is 0 Å². The van der Waals surface area contributed by atoms with E-state index in [9.17, 15) is 9.59 Å². The average molecular weight is 318 g/mol. The van der Waals surface area contributed by atoms with E-state index in [0.29, 0.717) is 17.5 Å². The number of fused-ring (bicyclic) bond motifs is 1. The van der Waals surface area contributed by atoms with Gasteiger partial charge in [0.1, 0.15) is 0 Å². The van der Waals surface area contributed by atoms with Crippen molar-refractivity contribution in [3.05, 3.63) is 65.5 Å². The van der Waals surface area contributed by atoms with Crippen LogP contribution in [0.25, 0.3) is 0 Å². The number of pyridine rings is 1. The van der Waals surface area contributed by atoms with Crippen molar-refractivity contribution in [1.82, 2.24) is 9.88 Å². The number of amides is 2. The lowest BCUT2D eigenvalue weighted by Gasteiger charge is -2.19. The van der Waals surface area contributed by atoms with E-state index in [1.54, 1.807) is 36.7 Å². The van der Waals surface area contributed by atoms with Gasteiger partial charge in [-0.15, -0.1) is 12.4 Å². The van der Waals surface area contributed by atoms with Gasteiger partial charge in [-0.05, 0) is 36.2 Å². The van der Waals surface area contributed by atoms with Gasteiger partial charge in [0.05, 0.1) is 11.1 Å². The molecule has 0 saturated carbocycles. The van der Waals surface area contributed by atoms with Gasteiger partial charge in [0.15, 0.2) is 0 Å². The molecule has 5 nitrogen and oxygen atoms in total. The number of nitrogens with zero attached hydrogens (tertiary/aromatic N) is 2. The summed E-state index contributed by atoms with van der Waals surface area (Å²) in [4.78, 5) is 29.6. The van der Waals surface area contributed by atoms with Gasteiger partial charge in [0.2, 0.25) is 0 Å². The molecule has 1 aliphatic rings. The first-order chi connectivity index (χ1) is 10.2. The van der Waals surface area contributed by atoms with Gasteiger partial charge in [-0.25, -0.2) is 0 Å². The fourth-order valence-electron chi connectivity index (χ4n) is 2.53. The van der Waals surface area contributed by atoms with Crippen molar-refractivity contribution >= 4 is 24.2 Å². The van der Waals surface area contributed by atoms with Gasteiger partial charge in [-0.3, -0.25) is 19.5 Å². The molecule has 1 atom stereocenters. The number of hydrogen-bond donors (Lipinski definition) is 1. The minimum Gasteiger partial charge on any atom is -0.326 e. The van der Waals surface area contributed by atoms with Crippen LogP contribution in [0.2, 0.25) is 0 Å². The van der Waals surface area contributed by atoms with Gasteiger partial charge >= 0.3 is 0 Å². The molecule has 0 bridgehead atoms. The van der Waals surface area contributed by atoms with E-state index in [1.165, 1.54) is 4.90 Å². The molecule has 22 heavy (non-hydrogen) atoms. The van der Waals surface area contributed by atoms with Crippen LogP contribution in [-0.2, 0) is 6.42 Å². The summed E-state index contributed by atoms with van der Waals surface area (Å²) in [6, 6.07) is 10.3. The van der Waals surface area contributed by atoms with E-state index in [4.69, 9.17) is 5.73 Å². The molecule has 3 rings (SSSR count). The molecular weight excluding hydrogens is 302 g/mol. The zero-order valence-electron chi connectivity index (χ0n) is 11.8. The van der Waals surface area contributed by atoms with Crippen LogP contribution >= 0.6 is 12.4 Å². The normalized spacial score (nSPS) is 14.5. The number of hydrogen-bond acceptors (Lipinski definition) is 4. The zero-order chi connectivity index (χ0) is 14.8.